The normalized spacial score (nSPS) is 18.2. The molecule has 5 nitrogen and oxygen atoms in total. The number of carbonyl (C=O) groups excluding carboxylic acids is 1. The first-order valence-electron chi connectivity index (χ1n) is 9.39. The maximum Gasteiger partial charge on any atom is 0.410 e. The van der Waals surface area contributed by atoms with Gasteiger partial charge in [0.1, 0.15) is 5.82 Å². The van der Waals surface area contributed by atoms with E-state index in [0.29, 0.717) is 16.3 Å². The fraction of sp³-hybridized carbons (Fsp3) is 0.238. The molecule has 0 fully saturated rings. The van der Waals surface area contributed by atoms with Gasteiger partial charge in [-0.1, -0.05) is 35.9 Å². The van der Waals surface area contributed by atoms with Crippen LogP contribution in [0.25, 0.3) is 0 Å². The van der Waals surface area contributed by atoms with Gasteiger partial charge in [-0.15, -0.1) is 11.8 Å². The number of alkyl halides is 3. The molecular weight excluding hydrogens is 449 g/mol. The molecule has 4 rings (SSSR count). The summed E-state index contributed by atoms with van der Waals surface area (Å²) in [4.78, 5) is 13.6. The summed E-state index contributed by atoms with van der Waals surface area (Å²) in [6.07, 6.45) is -2.90. The van der Waals surface area contributed by atoms with E-state index < -0.39 is 24.2 Å². The lowest BCUT2D eigenvalue weighted by Gasteiger charge is -2.33. The Kier molecular flexibility index (Phi) is 5.90. The number of nitrogens with one attached hydrogen (secondary N) is 2. The molecule has 0 saturated heterocycles. The molecule has 2 atom stereocenters. The topological polar surface area (TPSA) is 59.0 Å². The zero-order valence-corrected chi connectivity index (χ0v) is 17.9. The van der Waals surface area contributed by atoms with Gasteiger partial charge in [-0.05, 0) is 36.1 Å². The molecule has 0 bridgehead atoms. The summed E-state index contributed by atoms with van der Waals surface area (Å²) < 4.78 is 42.3. The highest BCUT2D eigenvalue weighted by atomic mass is 35.5. The molecule has 1 aliphatic heterocycles. The van der Waals surface area contributed by atoms with E-state index >= 15 is 0 Å². The van der Waals surface area contributed by atoms with Crippen molar-refractivity contribution in [2.45, 2.75) is 29.6 Å². The molecule has 0 radical (unpaired) electrons. The van der Waals surface area contributed by atoms with E-state index in [2.05, 4.69) is 15.7 Å². The molecule has 0 aliphatic carbocycles. The predicted molar refractivity (Wildman–Crippen MR) is 116 cm³/mol. The number of hydrogen-bond acceptors (Lipinski definition) is 4. The van der Waals surface area contributed by atoms with Crippen LogP contribution in [0.1, 0.15) is 34.6 Å². The molecule has 1 amide bonds. The minimum atomic E-state index is -4.52. The molecule has 0 spiro atoms. The summed E-state index contributed by atoms with van der Waals surface area (Å²) in [7, 11) is 0. The van der Waals surface area contributed by atoms with Crippen LogP contribution in [-0.2, 0) is 0 Å². The minimum absolute atomic E-state index is 0.0931. The number of aromatic nitrogens is 2. The molecule has 162 valence electrons. The van der Waals surface area contributed by atoms with Gasteiger partial charge in [-0.25, -0.2) is 4.68 Å². The van der Waals surface area contributed by atoms with Gasteiger partial charge in [0.15, 0.2) is 11.7 Å². The molecule has 1 aromatic heterocycles. The van der Waals surface area contributed by atoms with Crippen molar-refractivity contribution in [2.24, 2.45) is 0 Å². The van der Waals surface area contributed by atoms with Crippen LogP contribution < -0.4 is 10.6 Å². The summed E-state index contributed by atoms with van der Waals surface area (Å²) in [6, 6.07) is 12.7. The second-order valence-corrected chi connectivity index (χ2v) is 8.34. The quantitative estimate of drug-likeness (QED) is 0.451. The molecule has 10 heteroatoms. The van der Waals surface area contributed by atoms with Gasteiger partial charge in [-0.2, -0.15) is 18.3 Å². The Hall–Kier alpha value is -2.65. The fourth-order valence-electron chi connectivity index (χ4n) is 3.53. The number of fused-ring (bicyclic) bond motifs is 1. The van der Waals surface area contributed by atoms with Crippen molar-refractivity contribution in [1.82, 2.24) is 9.78 Å². The molecule has 0 unspecified atom stereocenters. The SMILES string of the molecule is CSc1ccccc1NC(=O)c1cc2n(n1)[C@H](C(F)(F)F)C[C@@H](c1ccc(Cl)cc1)N2. The first-order chi connectivity index (χ1) is 14.8. The van der Waals surface area contributed by atoms with Gasteiger partial charge in [-0.3, -0.25) is 4.79 Å². The fourth-order valence-corrected chi connectivity index (χ4v) is 4.21. The Bertz CT molecular complexity index is 1100. The van der Waals surface area contributed by atoms with E-state index in [9.17, 15) is 18.0 Å². The maximum atomic E-state index is 13.8. The van der Waals surface area contributed by atoms with E-state index in [-0.39, 0.29) is 17.9 Å². The lowest BCUT2D eigenvalue weighted by atomic mass is 9.97. The van der Waals surface area contributed by atoms with Gasteiger partial charge >= 0.3 is 6.18 Å². The average molecular weight is 467 g/mol. The van der Waals surface area contributed by atoms with Gasteiger partial charge in [0, 0.05) is 22.4 Å². The summed E-state index contributed by atoms with van der Waals surface area (Å²) in [5.41, 5.74) is 1.15. The number of anilines is 2. The largest absolute Gasteiger partial charge is 0.410 e. The highest BCUT2D eigenvalue weighted by Gasteiger charge is 2.46. The smallest absolute Gasteiger partial charge is 0.363 e. The molecule has 0 saturated carbocycles. The highest BCUT2D eigenvalue weighted by molar-refractivity contribution is 7.98. The molecule has 1 aliphatic rings. The Labute approximate surface area is 186 Å². The van der Waals surface area contributed by atoms with Gasteiger partial charge < -0.3 is 10.6 Å². The number of halogens is 4. The molecular formula is C21H18ClF3N4OS. The van der Waals surface area contributed by atoms with Gasteiger partial charge in [0.2, 0.25) is 0 Å². The van der Waals surface area contributed by atoms with Gasteiger partial charge in [0.25, 0.3) is 5.91 Å². The minimum Gasteiger partial charge on any atom is -0.363 e. The number of nitrogens with zero attached hydrogens (tertiary/aromatic N) is 2. The van der Waals surface area contributed by atoms with Crippen molar-refractivity contribution in [1.29, 1.82) is 0 Å². The van der Waals surface area contributed by atoms with Crippen molar-refractivity contribution in [3.8, 4) is 0 Å². The van der Waals surface area contributed by atoms with E-state index in [1.54, 1.807) is 36.4 Å². The van der Waals surface area contributed by atoms with Crippen LogP contribution >= 0.6 is 23.4 Å². The van der Waals surface area contributed by atoms with Crippen molar-refractivity contribution >= 4 is 40.8 Å². The second kappa shape index (κ2) is 8.47. The third kappa shape index (κ3) is 4.52. The Morgan fingerprint density at radius 2 is 1.94 bits per heavy atom. The molecule has 2 aromatic carbocycles. The number of amides is 1. The zero-order chi connectivity index (χ0) is 22.2. The summed E-state index contributed by atoms with van der Waals surface area (Å²) >= 11 is 7.35. The van der Waals surface area contributed by atoms with Gasteiger partial charge in [0.05, 0.1) is 11.7 Å². The lowest BCUT2D eigenvalue weighted by Crippen LogP contribution is -2.35. The molecule has 31 heavy (non-hydrogen) atoms. The molecule has 3 aromatic rings. The number of para-hydroxylation sites is 1. The van der Waals surface area contributed by atoms with E-state index in [1.807, 2.05) is 18.4 Å². The number of benzene rings is 2. The summed E-state index contributed by atoms with van der Waals surface area (Å²) in [6.45, 7) is 0. The summed E-state index contributed by atoms with van der Waals surface area (Å²) in [5.74, 6) is -0.439. The van der Waals surface area contributed by atoms with Crippen LogP contribution in [-0.4, -0.2) is 28.1 Å². The van der Waals surface area contributed by atoms with Crippen LogP contribution in [0.2, 0.25) is 5.02 Å². The zero-order valence-electron chi connectivity index (χ0n) is 16.3. The monoisotopic (exact) mass is 466 g/mol. The Morgan fingerprint density at radius 1 is 1.23 bits per heavy atom. The highest BCUT2D eigenvalue weighted by Crippen LogP contribution is 2.43. The first kappa shape index (κ1) is 21.6. The summed E-state index contributed by atoms with van der Waals surface area (Å²) in [5, 5.41) is 10.3. The van der Waals surface area contributed by atoms with E-state index in [0.717, 1.165) is 9.58 Å². The van der Waals surface area contributed by atoms with Crippen molar-refractivity contribution in [3.05, 3.63) is 70.9 Å². The van der Waals surface area contributed by atoms with Crippen molar-refractivity contribution in [2.75, 3.05) is 16.9 Å². The van der Waals surface area contributed by atoms with Crippen LogP contribution in [0.3, 0.4) is 0 Å². The number of thioether (sulfide) groups is 1. The first-order valence-corrected chi connectivity index (χ1v) is 11.0. The van der Waals surface area contributed by atoms with E-state index in [1.165, 1.54) is 17.8 Å². The van der Waals surface area contributed by atoms with Crippen LogP contribution in [0.4, 0.5) is 24.7 Å². The third-order valence-electron chi connectivity index (χ3n) is 5.05. The van der Waals surface area contributed by atoms with Crippen molar-refractivity contribution < 1.29 is 18.0 Å². The number of rotatable bonds is 4. The Balaban J connectivity index is 1.64. The van der Waals surface area contributed by atoms with Crippen LogP contribution in [0.15, 0.2) is 59.5 Å². The van der Waals surface area contributed by atoms with Crippen LogP contribution in [0, 0.1) is 0 Å². The third-order valence-corrected chi connectivity index (χ3v) is 6.10. The number of hydrogen-bond donors (Lipinski definition) is 2. The van der Waals surface area contributed by atoms with E-state index in [4.69, 9.17) is 11.6 Å². The Morgan fingerprint density at radius 3 is 2.61 bits per heavy atom. The molecule has 2 N–H and O–H groups in total. The average Bonchev–Trinajstić information content (AvgIpc) is 3.17. The standard InChI is InChI=1S/C21H18ClF3N4OS/c1-31-17-5-3-2-4-14(17)27-20(30)16-11-19-26-15(12-6-8-13(22)9-7-12)10-18(21(23,24)25)29(19)28-16/h2-9,11,15,18,26H,10H2,1H3,(H,27,30)/t15-,18-/m0/s1. The maximum absolute atomic E-state index is 13.8. The molecule has 2 heterocycles. The van der Waals surface area contributed by atoms with Crippen LogP contribution in [0.5, 0.6) is 0 Å². The second-order valence-electron chi connectivity index (χ2n) is 7.06. The van der Waals surface area contributed by atoms with Crippen molar-refractivity contribution in [3.63, 3.8) is 0 Å². The number of carbonyl (C=O) groups is 1. The predicted octanol–water partition coefficient (Wildman–Crippen LogP) is 6.17. The lowest BCUT2D eigenvalue weighted by molar-refractivity contribution is -0.173.